The zero-order chi connectivity index (χ0) is 15.1. The SMILES string of the molecule is CCOC(=O)c1ccccc1NC=C1CCCCCC1=O. The third-order valence-corrected chi connectivity index (χ3v) is 3.53. The normalized spacial score (nSPS) is 17.4. The Morgan fingerprint density at radius 3 is 2.81 bits per heavy atom. The number of carbonyl (C=O) groups excluding carboxylic acids is 2. The molecule has 0 atom stereocenters. The number of para-hydroxylation sites is 1. The molecular formula is C17H21NO3. The number of carbonyl (C=O) groups is 2. The van der Waals surface area contributed by atoms with E-state index in [4.69, 9.17) is 4.74 Å². The van der Waals surface area contributed by atoms with Crippen LogP contribution in [0.5, 0.6) is 0 Å². The zero-order valence-corrected chi connectivity index (χ0v) is 12.4. The van der Waals surface area contributed by atoms with Gasteiger partial charge in [0.05, 0.1) is 17.9 Å². The molecule has 0 heterocycles. The van der Waals surface area contributed by atoms with Crippen molar-refractivity contribution in [3.05, 3.63) is 41.6 Å². The highest BCUT2D eigenvalue weighted by Crippen LogP contribution is 2.21. The Kier molecular flexibility index (Phi) is 5.55. The standard InChI is InChI=1S/C17H21NO3/c1-2-21-17(20)14-9-6-7-10-15(14)18-12-13-8-4-3-5-11-16(13)19/h6-7,9-10,12,18H,2-5,8,11H2,1H3. The molecule has 21 heavy (non-hydrogen) atoms. The van der Waals surface area contributed by atoms with Crippen molar-refractivity contribution in [2.45, 2.75) is 39.0 Å². The van der Waals surface area contributed by atoms with Crippen molar-refractivity contribution >= 4 is 17.4 Å². The Morgan fingerprint density at radius 1 is 1.24 bits per heavy atom. The number of benzene rings is 1. The number of hydrogen-bond acceptors (Lipinski definition) is 4. The maximum Gasteiger partial charge on any atom is 0.340 e. The van der Waals surface area contributed by atoms with Crippen molar-refractivity contribution < 1.29 is 14.3 Å². The Hall–Kier alpha value is -2.10. The summed E-state index contributed by atoms with van der Waals surface area (Å²) >= 11 is 0. The number of esters is 1. The molecule has 0 bridgehead atoms. The molecule has 1 aliphatic carbocycles. The van der Waals surface area contributed by atoms with Gasteiger partial charge in [-0.1, -0.05) is 18.6 Å². The minimum Gasteiger partial charge on any atom is -0.462 e. The van der Waals surface area contributed by atoms with Crippen molar-refractivity contribution in [1.29, 1.82) is 0 Å². The predicted octanol–water partition coefficient (Wildman–Crippen LogP) is 3.69. The largest absolute Gasteiger partial charge is 0.462 e. The topological polar surface area (TPSA) is 55.4 Å². The lowest BCUT2D eigenvalue weighted by Crippen LogP contribution is -2.08. The number of anilines is 1. The van der Waals surface area contributed by atoms with E-state index in [1.807, 2.05) is 12.1 Å². The molecule has 0 radical (unpaired) electrons. The summed E-state index contributed by atoms with van der Waals surface area (Å²) < 4.78 is 5.03. The van der Waals surface area contributed by atoms with E-state index < -0.39 is 0 Å². The minimum atomic E-state index is -0.355. The number of nitrogens with one attached hydrogen (secondary N) is 1. The van der Waals surface area contributed by atoms with Gasteiger partial charge in [0.15, 0.2) is 5.78 Å². The van der Waals surface area contributed by atoms with Crippen LogP contribution in [0.1, 0.15) is 49.4 Å². The van der Waals surface area contributed by atoms with Crippen molar-refractivity contribution in [3.63, 3.8) is 0 Å². The van der Waals surface area contributed by atoms with Crippen LogP contribution < -0.4 is 5.32 Å². The second-order valence-electron chi connectivity index (χ2n) is 5.06. The average molecular weight is 287 g/mol. The van der Waals surface area contributed by atoms with E-state index in [0.717, 1.165) is 31.3 Å². The first-order chi connectivity index (χ1) is 10.2. The second-order valence-corrected chi connectivity index (χ2v) is 5.06. The molecule has 0 spiro atoms. The number of ketones is 1. The van der Waals surface area contributed by atoms with Crippen LogP contribution in [0.25, 0.3) is 0 Å². The zero-order valence-electron chi connectivity index (χ0n) is 12.4. The Bertz CT molecular complexity index is 549. The lowest BCUT2D eigenvalue weighted by molar-refractivity contribution is -0.115. The summed E-state index contributed by atoms with van der Waals surface area (Å²) in [6, 6.07) is 7.16. The Morgan fingerprint density at radius 2 is 2.00 bits per heavy atom. The number of rotatable bonds is 4. The highest BCUT2D eigenvalue weighted by molar-refractivity contribution is 5.97. The molecule has 0 aromatic heterocycles. The van der Waals surface area contributed by atoms with Gasteiger partial charge in [0.25, 0.3) is 0 Å². The summed E-state index contributed by atoms with van der Waals surface area (Å²) in [5, 5.41) is 3.10. The van der Waals surface area contributed by atoms with Crippen LogP contribution in [0.2, 0.25) is 0 Å². The summed E-state index contributed by atoms with van der Waals surface area (Å²) in [5.74, 6) is -0.153. The fraction of sp³-hybridized carbons (Fsp3) is 0.412. The van der Waals surface area contributed by atoms with E-state index in [2.05, 4.69) is 5.32 Å². The minimum absolute atomic E-state index is 0.202. The first-order valence-electron chi connectivity index (χ1n) is 7.47. The lowest BCUT2D eigenvalue weighted by Gasteiger charge is -2.09. The number of ether oxygens (including phenoxy) is 1. The van der Waals surface area contributed by atoms with E-state index >= 15 is 0 Å². The van der Waals surface area contributed by atoms with E-state index in [9.17, 15) is 9.59 Å². The van der Waals surface area contributed by atoms with Gasteiger partial charge in [0.1, 0.15) is 0 Å². The van der Waals surface area contributed by atoms with Gasteiger partial charge in [-0.25, -0.2) is 4.79 Å². The third kappa shape index (κ3) is 4.18. The molecule has 1 saturated carbocycles. The van der Waals surface area contributed by atoms with Crippen LogP contribution >= 0.6 is 0 Å². The quantitative estimate of drug-likeness (QED) is 0.521. The molecule has 4 nitrogen and oxygen atoms in total. The van der Waals surface area contributed by atoms with E-state index in [1.54, 1.807) is 25.3 Å². The number of Topliss-reactive ketones (excluding diaryl/α,β-unsaturated/α-hetero) is 1. The molecule has 4 heteroatoms. The molecule has 1 aliphatic rings. The summed E-state index contributed by atoms with van der Waals surface area (Å²) in [5.41, 5.74) is 1.96. The molecule has 1 aromatic carbocycles. The van der Waals surface area contributed by atoms with Crippen molar-refractivity contribution in [1.82, 2.24) is 0 Å². The van der Waals surface area contributed by atoms with Crippen LogP contribution in [0, 0.1) is 0 Å². The maximum absolute atomic E-state index is 12.0. The van der Waals surface area contributed by atoms with Gasteiger partial charge >= 0.3 is 5.97 Å². The predicted molar refractivity (Wildman–Crippen MR) is 82.2 cm³/mol. The third-order valence-electron chi connectivity index (χ3n) is 3.53. The molecular weight excluding hydrogens is 266 g/mol. The van der Waals surface area contributed by atoms with Crippen molar-refractivity contribution in [3.8, 4) is 0 Å². The molecule has 112 valence electrons. The van der Waals surface area contributed by atoms with Crippen LogP contribution in [0.4, 0.5) is 5.69 Å². The lowest BCUT2D eigenvalue weighted by atomic mass is 10.1. The number of allylic oxidation sites excluding steroid dienone is 1. The van der Waals surface area contributed by atoms with Gasteiger partial charge < -0.3 is 10.1 Å². The van der Waals surface area contributed by atoms with Gasteiger partial charge in [0.2, 0.25) is 0 Å². The van der Waals surface area contributed by atoms with Crippen LogP contribution in [-0.2, 0) is 9.53 Å². The molecule has 0 amide bonds. The van der Waals surface area contributed by atoms with Crippen LogP contribution in [0.15, 0.2) is 36.0 Å². The fourth-order valence-electron chi connectivity index (χ4n) is 2.39. The monoisotopic (exact) mass is 287 g/mol. The van der Waals surface area contributed by atoms with Gasteiger partial charge in [0, 0.05) is 18.2 Å². The van der Waals surface area contributed by atoms with Gasteiger partial charge in [-0.2, -0.15) is 0 Å². The van der Waals surface area contributed by atoms with Gasteiger partial charge in [-0.3, -0.25) is 4.79 Å². The average Bonchev–Trinajstić information content (AvgIpc) is 2.70. The Balaban J connectivity index is 2.15. The first kappa shape index (κ1) is 15.3. The van der Waals surface area contributed by atoms with Crippen molar-refractivity contribution in [2.24, 2.45) is 0 Å². The summed E-state index contributed by atoms with van der Waals surface area (Å²) in [4.78, 5) is 23.8. The van der Waals surface area contributed by atoms with Gasteiger partial charge in [-0.05, 0) is 38.3 Å². The van der Waals surface area contributed by atoms with Crippen LogP contribution in [0.3, 0.4) is 0 Å². The molecule has 0 unspecified atom stereocenters. The fourth-order valence-corrected chi connectivity index (χ4v) is 2.39. The molecule has 1 N–H and O–H groups in total. The highest BCUT2D eigenvalue weighted by Gasteiger charge is 2.14. The smallest absolute Gasteiger partial charge is 0.340 e. The number of hydrogen-bond donors (Lipinski definition) is 1. The molecule has 0 saturated heterocycles. The second kappa shape index (κ2) is 7.62. The Labute approximate surface area is 125 Å². The van der Waals surface area contributed by atoms with E-state index in [0.29, 0.717) is 24.3 Å². The van der Waals surface area contributed by atoms with Gasteiger partial charge in [-0.15, -0.1) is 0 Å². The highest BCUT2D eigenvalue weighted by atomic mass is 16.5. The summed E-state index contributed by atoms with van der Waals surface area (Å²) in [6.45, 7) is 2.12. The molecule has 1 fully saturated rings. The molecule has 0 aliphatic heterocycles. The summed E-state index contributed by atoms with van der Waals surface area (Å²) in [7, 11) is 0. The first-order valence-corrected chi connectivity index (χ1v) is 7.47. The van der Waals surface area contributed by atoms with Crippen molar-refractivity contribution in [2.75, 3.05) is 11.9 Å². The van der Waals surface area contributed by atoms with Crippen LogP contribution in [-0.4, -0.2) is 18.4 Å². The molecule has 2 rings (SSSR count). The summed E-state index contributed by atoms with van der Waals surface area (Å²) in [6.07, 6.45) is 6.27. The maximum atomic E-state index is 12.0. The van der Waals surface area contributed by atoms with E-state index in [1.165, 1.54) is 0 Å². The van der Waals surface area contributed by atoms with E-state index in [-0.39, 0.29) is 11.8 Å². The molecule has 1 aromatic rings.